The molecule has 102 valence electrons. The van der Waals surface area contributed by atoms with Crippen molar-refractivity contribution in [3.8, 4) is 11.8 Å². The van der Waals surface area contributed by atoms with Crippen molar-refractivity contribution in [3.63, 3.8) is 0 Å². The molecule has 0 aliphatic carbocycles. The molecule has 2 N–H and O–H groups in total. The number of nitrogens with zero attached hydrogens (tertiary/aromatic N) is 1. The van der Waals surface area contributed by atoms with E-state index in [4.69, 9.17) is 15.7 Å². The molecule has 0 spiro atoms. The van der Waals surface area contributed by atoms with Gasteiger partial charge in [-0.05, 0) is 37.6 Å². The van der Waals surface area contributed by atoms with E-state index in [0.717, 1.165) is 23.3 Å². The van der Waals surface area contributed by atoms with E-state index in [1.54, 1.807) is 6.07 Å². The van der Waals surface area contributed by atoms with E-state index in [2.05, 4.69) is 19.1 Å². The first-order valence-corrected chi connectivity index (χ1v) is 6.65. The summed E-state index contributed by atoms with van der Waals surface area (Å²) >= 11 is 0. The second-order valence-electron chi connectivity index (χ2n) is 4.71. The summed E-state index contributed by atoms with van der Waals surface area (Å²) in [6.45, 7) is 3.04. The number of ether oxygens (including phenoxy) is 1. The fourth-order valence-corrected chi connectivity index (χ4v) is 2.11. The summed E-state index contributed by atoms with van der Waals surface area (Å²) < 4.78 is 5.87. The van der Waals surface area contributed by atoms with Gasteiger partial charge in [-0.15, -0.1) is 0 Å². The first-order valence-electron chi connectivity index (χ1n) is 6.65. The fourth-order valence-electron chi connectivity index (χ4n) is 2.11. The molecule has 0 aliphatic heterocycles. The zero-order chi connectivity index (χ0) is 14.4. The van der Waals surface area contributed by atoms with E-state index in [0.29, 0.717) is 18.7 Å². The maximum atomic E-state index is 9.07. The highest BCUT2D eigenvalue weighted by atomic mass is 16.5. The summed E-state index contributed by atoms with van der Waals surface area (Å²) in [7, 11) is 0. The van der Waals surface area contributed by atoms with Gasteiger partial charge in [0.15, 0.2) is 0 Å². The molecule has 0 radical (unpaired) electrons. The number of aryl methyl sites for hydroxylation is 1. The van der Waals surface area contributed by atoms with Crippen molar-refractivity contribution in [2.45, 2.75) is 20.0 Å². The van der Waals surface area contributed by atoms with Gasteiger partial charge in [0.25, 0.3) is 0 Å². The molecule has 0 saturated heterocycles. The number of benzene rings is 2. The van der Waals surface area contributed by atoms with Gasteiger partial charge in [-0.25, -0.2) is 0 Å². The van der Waals surface area contributed by atoms with Gasteiger partial charge >= 0.3 is 0 Å². The molecular formula is C17H18N2O. The third-order valence-electron chi connectivity index (χ3n) is 3.15. The zero-order valence-electron chi connectivity index (χ0n) is 11.6. The minimum absolute atomic E-state index is 0.393. The molecule has 0 saturated carbocycles. The predicted molar refractivity (Wildman–Crippen MR) is 79.4 cm³/mol. The van der Waals surface area contributed by atoms with Crippen LogP contribution >= 0.6 is 0 Å². The number of nitrogens with two attached hydrogens (primary N) is 1. The van der Waals surface area contributed by atoms with E-state index in [-0.39, 0.29) is 0 Å². The standard InChI is InChI=1S/C17H18N2O/c1-13-6-7-17(14(10-13)8-9-18)20-12-16-5-3-2-4-15(16)11-19/h2-7,10H,8-9,12,18H2,1H3. The quantitative estimate of drug-likeness (QED) is 0.905. The second kappa shape index (κ2) is 6.74. The van der Waals surface area contributed by atoms with Crippen LogP contribution in [-0.4, -0.2) is 6.54 Å². The Hall–Kier alpha value is -2.31. The molecule has 2 aromatic rings. The van der Waals surface area contributed by atoms with Gasteiger partial charge in [0.2, 0.25) is 0 Å². The Kier molecular flexibility index (Phi) is 4.75. The highest BCUT2D eigenvalue weighted by Gasteiger charge is 2.06. The van der Waals surface area contributed by atoms with Crippen molar-refractivity contribution in [3.05, 3.63) is 64.7 Å². The Balaban J connectivity index is 2.17. The van der Waals surface area contributed by atoms with Gasteiger partial charge in [0.1, 0.15) is 12.4 Å². The highest BCUT2D eigenvalue weighted by Crippen LogP contribution is 2.22. The van der Waals surface area contributed by atoms with E-state index < -0.39 is 0 Å². The number of nitriles is 1. The van der Waals surface area contributed by atoms with Gasteiger partial charge in [-0.3, -0.25) is 0 Å². The minimum Gasteiger partial charge on any atom is -0.489 e. The van der Waals surface area contributed by atoms with Crippen LogP contribution in [0.4, 0.5) is 0 Å². The maximum Gasteiger partial charge on any atom is 0.123 e. The van der Waals surface area contributed by atoms with Crippen molar-refractivity contribution in [1.29, 1.82) is 5.26 Å². The maximum absolute atomic E-state index is 9.07. The van der Waals surface area contributed by atoms with Crippen LogP contribution in [0.2, 0.25) is 0 Å². The molecule has 2 rings (SSSR count). The van der Waals surface area contributed by atoms with E-state index in [1.807, 2.05) is 30.3 Å². The van der Waals surface area contributed by atoms with Crippen molar-refractivity contribution in [2.24, 2.45) is 5.73 Å². The van der Waals surface area contributed by atoms with Gasteiger partial charge in [0, 0.05) is 5.56 Å². The average molecular weight is 266 g/mol. The fraction of sp³-hybridized carbons (Fsp3) is 0.235. The molecule has 0 aromatic heterocycles. The lowest BCUT2D eigenvalue weighted by atomic mass is 10.1. The van der Waals surface area contributed by atoms with Crippen LogP contribution in [0, 0.1) is 18.3 Å². The Labute approximate surface area is 119 Å². The molecular weight excluding hydrogens is 248 g/mol. The van der Waals surface area contributed by atoms with E-state index in [1.165, 1.54) is 5.56 Å². The number of hydrogen-bond donors (Lipinski definition) is 1. The monoisotopic (exact) mass is 266 g/mol. The average Bonchev–Trinajstić information content (AvgIpc) is 2.47. The molecule has 0 bridgehead atoms. The second-order valence-corrected chi connectivity index (χ2v) is 4.71. The summed E-state index contributed by atoms with van der Waals surface area (Å²) in [5.74, 6) is 0.841. The van der Waals surface area contributed by atoms with Crippen molar-refractivity contribution >= 4 is 0 Å². The first kappa shape index (κ1) is 14.1. The molecule has 0 unspecified atom stereocenters. The lowest BCUT2D eigenvalue weighted by Crippen LogP contribution is -2.06. The number of hydrogen-bond acceptors (Lipinski definition) is 3. The molecule has 0 atom stereocenters. The summed E-state index contributed by atoms with van der Waals surface area (Å²) in [5, 5.41) is 9.07. The molecule has 0 aliphatic rings. The predicted octanol–water partition coefficient (Wildman–Crippen LogP) is 2.95. The van der Waals surface area contributed by atoms with Gasteiger partial charge in [-0.1, -0.05) is 35.9 Å². The van der Waals surface area contributed by atoms with Crippen molar-refractivity contribution < 1.29 is 4.74 Å². The summed E-state index contributed by atoms with van der Waals surface area (Å²) in [6.07, 6.45) is 0.789. The molecule has 0 heterocycles. The summed E-state index contributed by atoms with van der Waals surface area (Å²) in [4.78, 5) is 0. The Morgan fingerprint density at radius 2 is 1.95 bits per heavy atom. The zero-order valence-corrected chi connectivity index (χ0v) is 11.6. The lowest BCUT2D eigenvalue weighted by Gasteiger charge is -2.12. The van der Waals surface area contributed by atoms with E-state index >= 15 is 0 Å². The number of rotatable bonds is 5. The topological polar surface area (TPSA) is 59.0 Å². The summed E-state index contributed by atoms with van der Waals surface area (Å²) in [6, 6.07) is 15.7. The van der Waals surface area contributed by atoms with Crippen LogP contribution in [0.3, 0.4) is 0 Å². The molecule has 20 heavy (non-hydrogen) atoms. The molecule has 0 fully saturated rings. The molecule has 3 heteroatoms. The highest BCUT2D eigenvalue weighted by molar-refractivity contribution is 5.39. The smallest absolute Gasteiger partial charge is 0.123 e. The molecule has 0 amide bonds. The van der Waals surface area contributed by atoms with Crippen molar-refractivity contribution in [2.75, 3.05) is 6.54 Å². The Morgan fingerprint density at radius 1 is 1.15 bits per heavy atom. The van der Waals surface area contributed by atoms with Gasteiger partial charge in [0.05, 0.1) is 11.6 Å². The Bertz CT molecular complexity index is 629. The summed E-state index contributed by atoms with van der Waals surface area (Å²) in [5.41, 5.74) is 9.49. The van der Waals surface area contributed by atoms with Crippen LogP contribution in [0.1, 0.15) is 22.3 Å². The van der Waals surface area contributed by atoms with Crippen LogP contribution in [0.5, 0.6) is 5.75 Å². The van der Waals surface area contributed by atoms with Gasteiger partial charge < -0.3 is 10.5 Å². The minimum atomic E-state index is 0.393. The SMILES string of the molecule is Cc1ccc(OCc2ccccc2C#N)c(CCN)c1. The van der Waals surface area contributed by atoms with E-state index in [9.17, 15) is 0 Å². The Morgan fingerprint density at radius 3 is 2.70 bits per heavy atom. The first-order chi connectivity index (χ1) is 9.74. The normalized spacial score (nSPS) is 10.1. The van der Waals surface area contributed by atoms with Gasteiger partial charge in [-0.2, -0.15) is 5.26 Å². The van der Waals surface area contributed by atoms with Crippen LogP contribution in [0.25, 0.3) is 0 Å². The molecule has 2 aromatic carbocycles. The van der Waals surface area contributed by atoms with Crippen molar-refractivity contribution in [1.82, 2.24) is 0 Å². The van der Waals surface area contributed by atoms with Crippen LogP contribution < -0.4 is 10.5 Å². The largest absolute Gasteiger partial charge is 0.489 e. The third kappa shape index (κ3) is 3.37. The molecule has 3 nitrogen and oxygen atoms in total. The third-order valence-corrected chi connectivity index (χ3v) is 3.15. The van der Waals surface area contributed by atoms with Crippen LogP contribution in [-0.2, 0) is 13.0 Å². The lowest BCUT2D eigenvalue weighted by molar-refractivity contribution is 0.302. The van der Waals surface area contributed by atoms with Crippen LogP contribution in [0.15, 0.2) is 42.5 Å².